The molecule has 0 bridgehead atoms. The molecular weight excluding hydrogens is 244 g/mol. The highest BCUT2D eigenvalue weighted by molar-refractivity contribution is 6.31. The minimum absolute atomic E-state index is 0.683. The van der Waals surface area contributed by atoms with Crippen LogP contribution in [-0.4, -0.2) is 17.7 Å². The Morgan fingerprint density at radius 2 is 2.00 bits per heavy atom. The third kappa shape index (κ3) is 1.84. The van der Waals surface area contributed by atoms with Crippen molar-refractivity contribution >= 4 is 22.5 Å². The Balaban J connectivity index is 2.16. The van der Waals surface area contributed by atoms with Crippen LogP contribution in [0.2, 0.25) is 5.02 Å². The molecule has 2 aromatic rings. The molecule has 1 aromatic heterocycles. The van der Waals surface area contributed by atoms with E-state index in [1.54, 1.807) is 0 Å². The van der Waals surface area contributed by atoms with Gasteiger partial charge in [0.05, 0.1) is 0 Å². The van der Waals surface area contributed by atoms with Crippen LogP contribution in [0.3, 0.4) is 0 Å². The topological polar surface area (TPSA) is 17.0 Å². The van der Waals surface area contributed by atoms with Crippen LogP contribution in [0.4, 0.5) is 0 Å². The number of hydrogen-bond acceptors (Lipinski definition) is 1. The van der Waals surface area contributed by atoms with E-state index in [1.165, 1.54) is 35.0 Å². The summed E-state index contributed by atoms with van der Waals surface area (Å²) in [5, 5.41) is 5.60. The van der Waals surface area contributed by atoms with Gasteiger partial charge in [-0.3, -0.25) is 0 Å². The quantitative estimate of drug-likeness (QED) is 0.831. The summed E-state index contributed by atoms with van der Waals surface area (Å²) in [6.07, 6.45) is 2.47. The Kier molecular flexibility index (Phi) is 3.08. The minimum atomic E-state index is 0.683. The maximum atomic E-state index is 6.11. The summed E-state index contributed by atoms with van der Waals surface area (Å²) in [6, 6.07) is 6.22. The van der Waals surface area contributed by atoms with E-state index >= 15 is 0 Å². The zero-order valence-corrected chi connectivity index (χ0v) is 11.7. The number of halogens is 1. The molecule has 2 nitrogen and oxygen atoms in total. The number of aryl methyl sites for hydroxylation is 2. The van der Waals surface area contributed by atoms with Crippen molar-refractivity contribution in [3.63, 3.8) is 0 Å². The predicted octanol–water partition coefficient (Wildman–Crippen LogP) is 3.61. The Labute approximate surface area is 113 Å². The second-order valence-electron chi connectivity index (χ2n) is 5.26. The van der Waals surface area contributed by atoms with Crippen LogP contribution >= 0.6 is 11.6 Å². The highest BCUT2D eigenvalue weighted by atomic mass is 35.5. The van der Waals surface area contributed by atoms with Crippen molar-refractivity contribution in [2.24, 2.45) is 7.05 Å². The first kappa shape index (κ1) is 12.1. The first-order valence-electron chi connectivity index (χ1n) is 6.63. The molecule has 0 atom stereocenters. The first-order valence-corrected chi connectivity index (χ1v) is 7.01. The molecule has 1 fully saturated rings. The summed E-state index contributed by atoms with van der Waals surface area (Å²) in [4.78, 5) is 0. The second-order valence-corrected chi connectivity index (χ2v) is 5.69. The molecule has 1 saturated heterocycles. The Morgan fingerprint density at radius 3 is 2.72 bits per heavy atom. The molecule has 1 aromatic carbocycles. The molecule has 0 unspecified atom stereocenters. The number of hydrogen-bond donors (Lipinski definition) is 1. The van der Waals surface area contributed by atoms with Crippen molar-refractivity contribution < 1.29 is 0 Å². The number of nitrogens with zero attached hydrogens (tertiary/aromatic N) is 1. The van der Waals surface area contributed by atoms with E-state index in [0.717, 1.165) is 18.1 Å². The molecule has 0 amide bonds. The Bertz CT molecular complexity index is 580. The van der Waals surface area contributed by atoms with Gasteiger partial charge in [0.15, 0.2) is 0 Å². The van der Waals surface area contributed by atoms with Gasteiger partial charge < -0.3 is 9.88 Å². The van der Waals surface area contributed by atoms with Crippen molar-refractivity contribution in [1.29, 1.82) is 0 Å². The first-order chi connectivity index (χ1) is 8.68. The molecule has 3 rings (SSSR count). The van der Waals surface area contributed by atoms with E-state index in [0.29, 0.717) is 5.92 Å². The highest BCUT2D eigenvalue weighted by Gasteiger charge is 2.22. The van der Waals surface area contributed by atoms with Crippen molar-refractivity contribution in [1.82, 2.24) is 9.88 Å². The monoisotopic (exact) mass is 262 g/mol. The zero-order chi connectivity index (χ0) is 12.7. The number of fused-ring (bicyclic) bond motifs is 1. The van der Waals surface area contributed by atoms with Gasteiger partial charge in [-0.1, -0.05) is 17.7 Å². The van der Waals surface area contributed by atoms with E-state index < -0.39 is 0 Å². The molecule has 0 radical (unpaired) electrons. The summed E-state index contributed by atoms with van der Waals surface area (Å²) in [5.41, 5.74) is 4.18. The normalized spacial score (nSPS) is 17.5. The minimum Gasteiger partial charge on any atom is -0.347 e. The molecule has 0 aliphatic carbocycles. The molecule has 1 aliphatic rings. The van der Waals surface area contributed by atoms with E-state index in [1.807, 2.05) is 6.07 Å². The van der Waals surface area contributed by atoms with Gasteiger partial charge in [-0.05, 0) is 50.6 Å². The van der Waals surface area contributed by atoms with Crippen LogP contribution in [0.1, 0.15) is 30.0 Å². The van der Waals surface area contributed by atoms with Crippen LogP contribution in [0, 0.1) is 6.92 Å². The van der Waals surface area contributed by atoms with Crippen molar-refractivity contribution in [3.05, 3.63) is 34.5 Å². The molecule has 2 heterocycles. The van der Waals surface area contributed by atoms with Crippen molar-refractivity contribution in [3.8, 4) is 0 Å². The van der Waals surface area contributed by atoms with Gasteiger partial charge in [-0.2, -0.15) is 0 Å². The van der Waals surface area contributed by atoms with Gasteiger partial charge in [0.2, 0.25) is 0 Å². The van der Waals surface area contributed by atoms with E-state index in [-0.39, 0.29) is 0 Å². The summed E-state index contributed by atoms with van der Waals surface area (Å²) in [6.45, 7) is 4.51. The average Bonchev–Trinajstić information content (AvgIpc) is 2.63. The molecule has 18 heavy (non-hydrogen) atoms. The van der Waals surface area contributed by atoms with E-state index in [2.05, 4.69) is 36.0 Å². The molecule has 96 valence electrons. The second kappa shape index (κ2) is 4.60. The molecule has 1 N–H and O–H groups in total. The van der Waals surface area contributed by atoms with Gasteiger partial charge in [0.1, 0.15) is 0 Å². The lowest BCUT2D eigenvalue weighted by atomic mass is 9.92. The van der Waals surface area contributed by atoms with Crippen LogP contribution in [0.5, 0.6) is 0 Å². The maximum Gasteiger partial charge on any atom is 0.0497 e. The van der Waals surface area contributed by atoms with Gasteiger partial charge in [-0.25, -0.2) is 0 Å². The maximum absolute atomic E-state index is 6.11. The van der Waals surface area contributed by atoms with Gasteiger partial charge in [0.25, 0.3) is 0 Å². The van der Waals surface area contributed by atoms with Crippen LogP contribution in [0.15, 0.2) is 18.2 Å². The SMILES string of the molecule is Cc1c(C2CCNCC2)n(C)c2cc(Cl)ccc12. The van der Waals surface area contributed by atoms with Gasteiger partial charge >= 0.3 is 0 Å². The predicted molar refractivity (Wildman–Crippen MR) is 77.5 cm³/mol. The fraction of sp³-hybridized carbons (Fsp3) is 0.467. The van der Waals surface area contributed by atoms with Crippen LogP contribution < -0.4 is 5.32 Å². The summed E-state index contributed by atoms with van der Waals surface area (Å²) < 4.78 is 2.34. The molecule has 1 aliphatic heterocycles. The average molecular weight is 263 g/mol. The fourth-order valence-electron chi connectivity index (χ4n) is 3.29. The van der Waals surface area contributed by atoms with Crippen molar-refractivity contribution in [2.45, 2.75) is 25.7 Å². The number of aromatic nitrogens is 1. The molecule has 0 spiro atoms. The van der Waals surface area contributed by atoms with Crippen molar-refractivity contribution in [2.75, 3.05) is 13.1 Å². The van der Waals surface area contributed by atoms with E-state index in [4.69, 9.17) is 11.6 Å². The third-order valence-corrected chi connectivity index (χ3v) is 4.43. The third-order valence-electron chi connectivity index (χ3n) is 4.20. The van der Waals surface area contributed by atoms with Gasteiger partial charge in [0, 0.05) is 34.6 Å². The number of piperidine rings is 1. The smallest absolute Gasteiger partial charge is 0.0497 e. The van der Waals surface area contributed by atoms with Gasteiger partial charge in [-0.15, -0.1) is 0 Å². The number of nitrogens with one attached hydrogen (secondary N) is 1. The Morgan fingerprint density at radius 1 is 1.28 bits per heavy atom. The summed E-state index contributed by atoms with van der Waals surface area (Å²) >= 11 is 6.11. The molecule has 0 saturated carbocycles. The number of benzene rings is 1. The zero-order valence-electron chi connectivity index (χ0n) is 11.0. The molecule has 3 heteroatoms. The standard InChI is InChI=1S/C15H19ClN2/c1-10-13-4-3-12(16)9-14(13)18(2)15(10)11-5-7-17-8-6-11/h3-4,9,11,17H,5-8H2,1-2H3. The van der Waals surface area contributed by atoms with Crippen LogP contribution in [0.25, 0.3) is 10.9 Å². The number of rotatable bonds is 1. The van der Waals surface area contributed by atoms with E-state index in [9.17, 15) is 0 Å². The fourth-order valence-corrected chi connectivity index (χ4v) is 3.46. The lowest BCUT2D eigenvalue weighted by Crippen LogP contribution is -2.27. The Hall–Kier alpha value is -0.990. The highest BCUT2D eigenvalue weighted by Crippen LogP contribution is 2.35. The lowest BCUT2D eigenvalue weighted by molar-refractivity contribution is 0.445. The molecular formula is C15H19ClN2. The van der Waals surface area contributed by atoms with Crippen LogP contribution in [-0.2, 0) is 7.05 Å². The largest absolute Gasteiger partial charge is 0.347 e. The lowest BCUT2D eigenvalue weighted by Gasteiger charge is -2.24. The summed E-state index contributed by atoms with van der Waals surface area (Å²) in [7, 11) is 2.17. The summed E-state index contributed by atoms with van der Waals surface area (Å²) in [5.74, 6) is 0.683.